The fraction of sp³-hybridized carbons (Fsp3) is 0.560. The summed E-state index contributed by atoms with van der Waals surface area (Å²) in [7, 11) is 2.57. The number of hydrogen-bond acceptors (Lipinski definition) is 8. The normalized spacial score (nSPS) is 13.0. The number of rotatable bonds is 13. The van der Waals surface area contributed by atoms with Gasteiger partial charge in [-0.3, -0.25) is 9.59 Å². The number of carbonyl (C=O) groups is 2. The van der Waals surface area contributed by atoms with E-state index >= 15 is 0 Å². The van der Waals surface area contributed by atoms with Crippen LogP contribution in [0.4, 0.5) is 0 Å². The summed E-state index contributed by atoms with van der Waals surface area (Å²) in [5.74, 6) is -1.56. The molecule has 0 amide bonds. The molecule has 0 saturated heterocycles. The van der Waals surface area contributed by atoms with Gasteiger partial charge in [0.1, 0.15) is 5.58 Å². The number of unbranched alkanes of at least 4 members (excludes halogenated alkanes) is 3. The summed E-state index contributed by atoms with van der Waals surface area (Å²) >= 11 is 1.40. The number of fused-ring (bicyclic) bond motifs is 1. The number of methoxy groups -OCH3 is 2. The molecule has 0 aliphatic carbocycles. The van der Waals surface area contributed by atoms with E-state index < -0.39 is 24.0 Å². The van der Waals surface area contributed by atoms with Crippen LogP contribution >= 0.6 is 11.8 Å². The van der Waals surface area contributed by atoms with Gasteiger partial charge in [0.25, 0.3) is 0 Å². The maximum Gasteiger partial charge on any atom is 0.374 e. The van der Waals surface area contributed by atoms with Crippen molar-refractivity contribution in [3.63, 3.8) is 0 Å². The Balaban J connectivity index is 2.30. The van der Waals surface area contributed by atoms with Gasteiger partial charge in [0.2, 0.25) is 5.76 Å². The Hall–Kier alpha value is -2.32. The highest BCUT2D eigenvalue weighted by Crippen LogP contribution is 2.32. The first-order chi connectivity index (χ1) is 15.9. The van der Waals surface area contributed by atoms with Crippen molar-refractivity contribution in [2.24, 2.45) is 5.92 Å². The molecule has 0 aliphatic rings. The molecule has 182 valence electrons. The molecule has 0 fully saturated rings. The van der Waals surface area contributed by atoms with Gasteiger partial charge >= 0.3 is 11.9 Å². The van der Waals surface area contributed by atoms with Crippen LogP contribution in [-0.4, -0.2) is 43.1 Å². The predicted molar refractivity (Wildman–Crippen MR) is 129 cm³/mol. The Bertz CT molecular complexity index is 998. The average molecular weight is 479 g/mol. The van der Waals surface area contributed by atoms with E-state index in [-0.39, 0.29) is 16.9 Å². The van der Waals surface area contributed by atoms with Crippen LogP contribution in [0.3, 0.4) is 0 Å². The summed E-state index contributed by atoms with van der Waals surface area (Å²) in [5.41, 5.74) is 0.837. The zero-order valence-electron chi connectivity index (χ0n) is 19.8. The van der Waals surface area contributed by atoms with Crippen LogP contribution in [0.25, 0.3) is 11.0 Å². The Morgan fingerprint density at radius 3 is 2.48 bits per heavy atom. The summed E-state index contributed by atoms with van der Waals surface area (Å²) in [6.07, 6.45) is 5.18. The van der Waals surface area contributed by atoms with Crippen LogP contribution in [0.5, 0.6) is 0 Å². The third-order valence-electron chi connectivity index (χ3n) is 5.59. The fourth-order valence-electron chi connectivity index (χ4n) is 3.78. The lowest BCUT2D eigenvalue weighted by Crippen LogP contribution is -2.31. The Morgan fingerprint density at radius 2 is 1.85 bits per heavy atom. The quantitative estimate of drug-likeness (QED) is 0.250. The van der Waals surface area contributed by atoms with Gasteiger partial charge in [0.15, 0.2) is 5.43 Å². The lowest BCUT2D eigenvalue weighted by molar-refractivity contribution is -0.149. The van der Waals surface area contributed by atoms with E-state index in [0.29, 0.717) is 23.8 Å². The van der Waals surface area contributed by atoms with Gasteiger partial charge in [-0.1, -0.05) is 46.0 Å². The molecule has 1 N–H and O–H groups in total. The van der Waals surface area contributed by atoms with Crippen molar-refractivity contribution >= 4 is 34.7 Å². The highest BCUT2D eigenvalue weighted by molar-refractivity contribution is 7.99. The maximum atomic E-state index is 12.5. The molecule has 1 aromatic heterocycles. The first-order valence-corrected chi connectivity index (χ1v) is 12.4. The molecule has 0 spiro atoms. The number of aryl methyl sites for hydroxylation is 1. The molecule has 0 saturated carbocycles. The highest BCUT2D eigenvalue weighted by Gasteiger charge is 2.28. The lowest BCUT2D eigenvalue weighted by Gasteiger charge is -2.21. The molecule has 0 radical (unpaired) electrons. The van der Waals surface area contributed by atoms with Crippen molar-refractivity contribution in [3.8, 4) is 0 Å². The average Bonchev–Trinajstić information content (AvgIpc) is 2.82. The number of aliphatic hydroxyl groups excluding tert-OH is 1. The zero-order chi connectivity index (χ0) is 24.4. The first kappa shape index (κ1) is 26.9. The summed E-state index contributed by atoms with van der Waals surface area (Å²) in [6.45, 7) is 4.13. The second-order valence-corrected chi connectivity index (χ2v) is 9.05. The van der Waals surface area contributed by atoms with Crippen molar-refractivity contribution in [1.29, 1.82) is 0 Å². The molecule has 33 heavy (non-hydrogen) atoms. The molecular weight excluding hydrogens is 444 g/mol. The summed E-state index contributed by atoms with van der Waals surface area (Å²) < 4.78 is 15.4. The smallest absolute Gasteiger partial charge is 0.374 e. The van der Waals surface area contributed by atoms with Crippen molar-refractivity contribution in [3.05, 3.63) is 39.7 Å². The molecule has 8 heteroatoms. The van der Waals surface area contributed by atoms with Crippen molar-refractivity contribution in [2.45, 2.75) is 69.8 Å². The monoisotopic (exact) mass is 478 g/mol. The van der Waals surface area contributed by atoms with Crippen LogP contribution in [0.2, 0.25) is 0 Å². The molecule has 0 aliphatic heterocycles. The molecule has 1 unspecified atom stereocenters. The first-order valence-electron chi connectivity index (χ1n) is 11.4. The molecule has 2 atom stereocenters. The highest BCUT2D eigenvalue weighted by atomic mass is 32.2. The third kappa shape index (κ3) is 7.08. The molecule has 0 bridgehead atoms. The number of aliphatic hydroxyl groups is 1. The van der Waals surface area contributed by atoms with Gasteiger partial charge in [-0.25, -0.2) is 4.79 Å². The number of esters is 2. The van der Waals surface area contributed by atoms with Gasteiger partial charge in [-0.15, -0.1) is 11.8 Å². The van der Waals surface area contributed by atoms with Gasteiger partial charge in [-0.2, -0.15) is 0 Å². The molecule has 1 heterocycles. The van der Waals surface area contributed by atoms with E-state index in [9.17, 15) is 19.5 Å². The van der Waals surface area contributed by atoms with E-state index in [2.05, 4.69) is 6.92 Å². The summed E-state index contributed by atoms with van der Waals surface area (Å²) in [5, 5.41) is 11.2. The Kier molecular flexibility index (Phi) is 10.9. The number of hydrogen-bond donors (Lipinski definition) is 1. The topological polar surface area (TPSA) is 103 Å². The van der Waals surface area contributed by atoms with Gasteiger partial charge < -0.3 is 19.0 Å². The van der Waals surface area contributed by atoms with E-state index in [0.717, 1.165) is 48.6 Å². The molecule has 1 aromatic carbocycles. The molecule has 7 nitrogen and oxygen atoms in total. The van der Waals surface area contributed by atoms with Crippen LogP contribution in [-0.2, 0) is 20.7 Å². The summed E-state index contributed by atoms with van der Waals surface area (Å²) in [4.78, 5) is 37.6. The van der Waals surface area contributed by atoms with Crippen molar-refractivity contribution in [2.75, 3.05) is 20.0 Å². The van der Waals surface area contributed by atoms with E-state index in [1.54, 1.807) is 6.07 Å². The Morgan fingerprint density at radius 1 is 1.09 bits per heavy atom. The Labute approximate surface area is 198 Å². The van der Waals surface area contributed by atoms with Crippen LogP contribution in [0.1, 0.15) is 68.5 Å². The molecular formula is C25H34O7S. The van der Waals surface area contributed by atoms with Crippen LogP contribution in [0, 0.1) is 5.92 Å². The van der Waals surface area contributed by atoms with E-state index in [4.69, 9.17) is 13.9 Å². The van der Waals surface area contributed by atoms with Gasteiger partial charge in [-0.05, 0) is 25.0 Å². The predicted octanol–water partition coefficient (Wildman–Crippen LogP) is 4.74. The second kappa shape index (κ2) is 13.4. The van der Waals surface area contributed by atoms with E-state index in [1.165, 1.54) is 26.0 Å². The minimum Gasteiger partial charge on any atom is -0.469 e. The number of benzene rings is 1. The molecule has 2 rings (SSSR count). The minimum absolute atomic E-state index is 0.146. The standard InChI is InChI=1S/C25H34O7S/c1-5-7-8-9-11-17(24(28)30-3)20(27)15-33-22-13-12-16-19(26)14-21(25(29)31-4)32-23(16)18(22)10-6-2/h12-14,17,20,27H,5-11,15H2,1-4H3/t17?,20-/m0/s1. The number of carbonyl (C=O) groups excluding carboxylic acids is 2. The fourth-order valence-corrected chi connectivity index (χ4v) is 4.90. The third-order valence-corrected chi connectivity index (χ3v) is 6.79. The van der Waals surface area contributed by atoms with Gasteiger partial charge in [0.05, 0.1) is 31.6 Å². The zero-order valence-corrected chi connectivity index (χ0v) is 20.7. The van der Waals surface area contributed by atoms with Crippen LogP contribution in [0.15, 0.2) is 32.3 Å². The SMILES string of the molecule is CCCCCCC(C(=O)OC)[C@@H](O)CSc1ccc2c(=O)cc(C(=O)OC)oc2c1CCC. The van der Waals surface area contributed by atoms with Crippen molar-refractivity contribution < 1.29 is 28.6 Å². The second-order valence-electron chi connectivity index (χ2n) is 7.99. The minimum atomic E-state index is -0.873. The number of ether oxygens (including phenoxy) is 2. The largest absolute Gasteiger partial charge is 0.469 e. The van der Waals surface area contributed by atoms with Gasteiger partial charge in [0, 0.05) is 22.3 Å². The van der Waals surface area contributed by atoms with Crippen LogP contribution < -0.4 is 5.43 Å². The lowest BCUT2D eigenvalue weighted by atomic mass is 9.96. The number of thioether (sulfide) groups is 1. The maximum absolute atomic E-state index is 12.5. The van der Waals surface area contributed by atoms with Crippen molar-refractivity contribution in [1.82, 2.24) is 0 Å². The van der Waals surface area contributed by atoms with E-state index in [1.807, 2.05) is 13.0 Å². The summed E-state index contributed by atoms with van der Waals surface area (Å²) in [6, 6.07) is 4.63. The molecule has 2 aromatic rings.